The van der Waals surface area contributed by atoms with Gasteiger partial charge in [0.25, 0.3) is 0 Å². The maximum atomic E-state index is 13.0. The third-order valence-corrected chi connectivity index (χ3v) is 15.1. The molecule has 52 heavy (non-hydrogen) atoms. The number of nitrogens with two attached hydrogens (primary N) is 1. The van der Waals surface area contributed by atoms with Crippen LogP contribution in [0.25, 0.3) is 0 Å². The third kappa shape index (κ3) is 6.16. The molecule has 13 heteroatoms. The summed E-state index contributed by atoms with van der Waals surface area (Å²) in [5.74, 6) is 0.598. The minimum absolute atomic E-state index is 0.0766. The normalized spacial score (nSPS) is 51.0. The highest BCUT2D eigenvalue weighted by atomic mass is 17.3. The maximum Gasteiger partial charge on any atom is 0.236 e. The highest BCUT2D eigenvalue weighted by Gasteiger charge is 2.70. The second-order valence-electron chi connectivity index (χ2n) is 18.3. The van der Waals surface area contributed by atoms with Gasteiger partial charge in [-0.1, -0.05) is 27.7 Å². The highest BCUT2D eigenvalue weighted by molar-refractivity contribution is 5.82. The number of fused-ring (bicyclic) bond motifs is 4. The van der Waals surface area contributed by atoms with Gasteiger partial charge in [-0.25, -0.2) is 19.6 Å². The van der Waals surface area contributed by atoms with Gasteiger partial charge < -0.3 is 35.3 Å². The first kappa shape index (κ1) is 37.5. The Bertz CT molecular complexity index is 1360. The van der Waals surface area contributed by atoms with E-state index in [1.807, 2.05) is 13.8 Å². The predicted molar refractivity (Wildman–Crippen MR) is 186 cm³/mol. The van der Waals surface area contributed by atoms with Crippen molar-refractivity contribution in [3.63, 3.8) is 0 Å². The summed E-state index contributed by atoms with van der Waals surface area (Å²) in [6, 6.07) is -0.781. The largest absolute Gasteiger partial charge is 0.356 e. The summed E-state index contributed by atoms with van der Waals surface area (Å²) in [5.41, 5.74) is 5.08. The third-order valence-electron chi connectivity index (χ3n) is 15.1. The fourth-order valence-electron chi connectivity index (χ4n) is 11.9. The van der Waals surface area contributed by atoms with Crippen LogP contribution in [0, 0.1) is 47.3 Å². The van der Waals surface area contributed by atoms with Crippen molar-refractivity contribution < 1.29 is 48.1 Å². The van der Waals surface area contributed by atoms with Crippen molar-refractivity contribution in [3.8, 4) is 0 Å². The van der Waals surface area contributed by atoms with E-state index in [-0.39, 0.29) is 60.5 Å². The highest BCUT2D eigenvalue weighted by Crippen LogP contribution is 2.62. The van der Waals surface area contributed by atoms with E-state index in [0.717, 1.165) is 51.4 Å². The van der Waals surface area contributed by atoms with Crippen molar-refractivity contribution in [2.45, 2.75) is 172 Å². The second kappa shape index (κ2) is 14.0. The van der Waals surface area contributed by atoms with Crippen LogP contribution in [0.1, 0.15) is 119 Å². The zero-order valence-corrected chi connectivity index (χ0v) is 32.1. The first-order valence-corrected chi connectivity index (χ1v) is 20.5. The summed E-state index contributed by atoms with van der Waals surface area (Å²) in [7, 11) is 0. The van der Waals surface area contributed by atoms with E-state index in [4.69, 9.17) is 44.2 Å². The number of hydrogen-bond acceptors (Lipinski definition) is 11. The number of nitrogens with one attached hydrogen (secondary N) is 2. The molecule has 10 fully saturated rings. The topological polar surface area (TPSA) is 158 Å². The van der Waals surface area contributed by atoms with Crippen LogP contribution in [-0.2, 0) is 48.1 Å². The van der Waals surface area contributed by atoms with Gasteiger partial charge in [-0.2, -0.15) is 0 Å². The molecule has 0 aromatic heterocycles. The zero-order chi connectivity index (χ0) is 36.6. The SMILES string of the molecule is C[C@H]1[C@@H](CCNC(=O)CC[C@H](N)C(=O)NCC[C@H]2O[C@@H]3OC4(C)CC[C@H]5[C@H](C)CC[C@@H]([C@H]2C)[C@@]35OO4)O[C@@H]2OC3(C)CC[C@H]4[C@H](C)CC[C@@H]1[C@@]24OO3. The fourth-order valence-corrected chi connectivity index (χ4v) is 11.9. The van der Waals surface area contributed by atoms with Gasteiger partial charge >= 0.3 is 0 Å². The van der Waals surface area contributed by atoms with Crippen LogP contribution in [0.15, 0.2) is 0 Å². The number of hydrogen-bond donors (Lipinski definition) is 3. The molecule has 17 atom stereocenters. The molecule has 2 aliphatic carbocycles. The Morgan fingerprint density at radius 1 is 0.673 bits per heavy atom. The van der Waals surface area contributed by atoms with Crippen molar-refractivity contribution in [2.75, 3.05) is 13.1 Å². The standard InChI is InChI=1S/C39H63N3O10/c1-21-7-9-27-23(3)30(45-34-38(27)25(21)13-17-36(5,47-34)49-51-38)15-19-41-32(43)12-11-29(40)33(44)42-20-16-31-24(4)28-10-8-22(2)26-14-18-37(6)48-35(46-31)39(26,28)52-50-37/h21-31,34-35H,7-20,40H2,1-6H3,(H,41,43)(H,42,44)/t21-,22-,23-,24-,25+,26+,27+,28+,29+,30-,31-,34-,35-,36?,37?,38-,39-/m1/s1. The van der Waals surface area contributed by atoms with Crippen LogP contribution < -0.4 is 16.4 Å². The zero-order valence-electron chi connectivity index (χ0n) is 32.1. The molecule has 2 spiro atoms. The van der Waals surface area contributed by atoms with E-state index >= 15 is 0 Å². The maximum absolute atomic E-state index is 13.0. The minimum Gasteiger partial charge on any atom is -0.356 e. The number of rotatable bonds is 10. The van der Waals surface area contributed by atoms with Crippen LogP contribution in [-0.4, -0.2) is 78.5 Å². The molecule has 2 unspecified atom stereocenters. The Balaban J connectivity index is 0.779. The van der Waals surface area contributed by atoms with Gasteiger partial charge in [0.1, 0.15) is 0 Å². The monoisotopic (exact) mass is 733 g/mol. The average Bonchev–Trinajstić information content (AvgIpc) is 3.49. The molecular weight excluding hydrogens is 670 g/mol. The van der Waals surface area contributed by atoms with Crippen LogP contribution in [0.3, 0.4) is 0 Å². The van der Waals surface area contributed by atoms with Crippen LogP contribution >= 0.6 is 0 Å². The van der Waals surface area contributed by atoms with Gasteiger partial charge in [0.2, 0.25) is 23.4 Å². The molecule has 10 aliphatic rings. The molecule has 4 bridgehead atoms. The molecule has 8 saturated heterocycles. The van der Waals surface area contributed by atoms with Crippen molar-refractivity contribution in [2.24, 2.45) is 53.1 Å². The molecular formula is C39H63N3O10. The van der Waals surface area contributed by atoms with Gasteiger partial charge in [-0.15, -0.1) is 0 Å². The summed E-state index contributed by atoms with van der Waals surface area (Å²) in [4.78, 5) is 50.2. The van der Waals surface area contributed by atoms with Gasteiger partial charge in [0, 0.05) is 44.2 Å². The lowest BCUT2D eigenvalue weighted by atomic mass is 9.57. The van der Waals surface area contributed by atoms with E-state index in [1.54, 1.807) is 0 Å². The molecule has 2 saturated carbocycles. The fraction of sp³-hybridized carbons (Fsp3) is 0.949. The Morgan fingerprint density at radius 2 is 1.15 bits per heavy atom. The van der Waals surface area contributed by atoms with Crippen LogP contribution in [0.4, 0.5) is 0 Å². The van der Waals surface area contributed by atoms with E-state index < -0.39 is 41.4 Å². The lowest BCUT2D eigenvalue weighted by Crippen LogP contribution is -2.70. The summed E-state index contributed by atoms with van der Waals surface area (Å²) in [6.45, 7) is 13.8. The molecule has 4 N–H and O–H groups in total. The molecule has 0 aromatic rings. The average molecular weight is 734 g/mol. The molecule has 0 radical (unpaired) electrons. The minimum atomic E-state index is -0.813. The summed E-state index contributed by atoms with van der Waals surface area (Å²) in [5, 5.41) is 6.03. The quantitative estimate of drug-likeness (QED) is 0.270. The molecule has 10 rings (SSSR count). The van der Waals surface area contributed by atoms with E-state index in [2.05, 4.69) is 38.3 Å². The smallest absolute Gasteiger partial charge is 0.236 e. The number of amides is 2. The predicted octanol–water partition coefficient (Wildman–Crippen LogP) is 4.61. The Morgan fingerprint density at radius 3 is 1.65 bits per heavy atom. The van der Waals surface area contributed by atoms with Gasteiger partial charge in [0.05, 0.1) is 18.2 Å². The number of carbonyl (C=O) groups excluding carboxylic acids is 2. The molecule has 2 amide bonds. The van der Waals surface area contributed by atoms with Gasteiger partial charge in [0.15, 0.2) is 23.8 Å². The van der Waals surface area contributed by atoms with Crippen molar-refractivity contribution in [3.05, 3.63) is 0 Å². The summed E-state index contributed by atoms with van der Waals surface area (Å²) in [6.07, 6.45) is 8.49. The van der Waals surface area contributed by atoms with Gasteiger partial charge in [-0.05, 0) is 107 Å². The van der Waals surface area contributed by atoms with E-state index in [0.29, 0.717) is 49.6 Å². The Kier molecular flexibility index (Phi) is 10.1. The lowest BCUT2D eigenvalue weighted by molar-refractivity contribution is -0.571. The van der Waals surface area contributed by atoms with Crippen LogP contribution in [0.5, 0.6) is 0 Å². The Hall–Kier alpha value is -1.42. The molecule has 8 aliphatic heterocycles. The molecule has 294 valence electrons. The van der Waals surface area contributed by atoms with Crippen molar-refractivity contribution in [1.29, 1.82) is 0 Å². The molecule has 8 heterocycles. The van der Waals surface area contributed by atoms with Crippen molar-refractivity contribution in [1.82, 2.24) is 10.6 Å². The first-order valence-electron chi connectivity index (χ1n) is 20.5. The first-order chi connectivity index (χ1) is 24.8. The number of ether oxygens (including phenoxy) is 4. The van der Waals surface area contributed by atoms with E-state index in [1.165, 1.54) is 0 Å². The summed E-state index contributed by atoms with van der Waals surface area (Å²) < 4.78 is 26.2. The Labute approximate surface area is 308 Å². The second-order valence-corrected chi connectivity index (χ2v) is 18.3. The van der Waals surface area contributed by atoms with E-state index in [9.17, 15) is 9.59 Å². The lowest BCUT2D eigenvalue weighted by Gasteiger charge is -2.60. The van der Waals surface area contributed by atoms with Gasteiger partial charge in [-0.3, -0.25) is 9.59 Å². The summed E-state index contributed by atoms with van der Waals surface area (Å²) >= 11 is 0. The molecule has 0 aromatic carbocycles. The van der Waals surface area contributed by atoms with Crippen molar-refractivity contribution >= 4 is 11.8 Å². The van der Waals surface area contributed by atoms with Crippen LogP contribution in [0.2, 0.25) is 0 Å². The number of carbonyl (C=O) groups is 2. The molecule has 13 nitrogen and oxygen atoms in total.